The van der Waals surface area contributed by atoms with Crippen LogP contribution in [0.4, 0.5) is 0 Å². The molecule has 3 nitrogen and oxygen atoms in total. The monoisotopic (exact) mass is 288 g/mol. The van der Waals surface area contributed by atoms with Crippen LogP contribution >= 0.6 is 0 Å². The second kappa shape index (κ2) is 8.18. The van der Waals surface area contributed by atoms with E-state index in [1.165, 1.54) is 31.2 Å². The van der Waals surface area contributed by atoms with E-state index in [-0.39, 0.29) is 11.9 Å². The molecule has 0 bridgehead atoms. The summed E-state index contributed by atoms with van der Waals surface area (Å²) in [5.41, 5.74) is 7.14. The molecule has 3 N–H and O–H groups in total. The van der Waals surface area contributed by atoms with Gasteiger partial charge in [-0.25, -0.2) is 0 Å². The third kappa shape index (κ3) is 5.50. The Morgan fingerprint density at radius 2 is 1.90 bits per heavy atom. The number of carbonyl (C=O) groups is 1. The number of benzene rings is 1. The highest BCUT2D eigenvalue weighted by molar-refractivity contribution is 5.76. The first-order valence-electron chi connectivity index (χ1n) is 8.22. The highest BCUT2D eigenvalue weighted by atomic mass is 16.1. The molecule has 0 aliphatic heterocycles. The van der Waals surface area contributed by atoms with Crippen LogP contribution in [0.3, 0.4) is 0 Å². The van der Waals surface area contributed by atoms with Crippen molar-refractivity contribution < 1.29 is 4.79 Å². The van der Waals surface area contributed by atoms with Crippen molar-refractivity contribution in [1.29, 1.82) is 0 Å². The average molecular weight is 288 g/mol. The Kier molecular flexibility index (Phi) is 6.24. The van der Waals surface area contributed by atoms with E-state index in [1.54, 1.807) is 0 Å². The van der Waals surface area contributed by atoms with Crippen molar-refractivity contribution in [3.8, 4) is 0 Å². The SMILES string of the molecule is CC(N)CCNC(=O)CC1CCC(c2ccccc2)CC1. The molecule has 1 aromatic rings. The lowest BCUT2D eigenvalue weighted by Crippen LogP contribution is -2.30. The zero-order valence-corrected chi connectivity index (χ0v) is 13.1. The Bertz CT molecular complexity index is 422. The van der Waals surface area contributed by atoms with Gasteiger partial charge < -0.3 is 11.1 Å². The molecular weight excluding hydrogens is 260 g/mol. The Morgan fingerprint density at radius 3 is 2.52 bits per heavy atom. The molecule has 1 unspecified atom stereocenters. The van der Waals surface area contributed by atoms with E-state index < -0.39 is 0 Å². The van der Waals surface area contributed by atoms with Crippen molar-refractivity contribution in [3.05, 3.63) is 35.9 Å². The van der Waals surface area contributed by atoms with Gasteiger partial charge in [0.05, 0.1) is 0 Å². The van der Waals surface area contributed by atoms with Crippen molar-refractivity contribution in [2.75, 3.05) is 6.54 Å². The van der Waals surface area contributed by atoms with Crippen LogP contribution in [0.2, 0.25) is 0 Å². The highest BCUT2D eigenvalue weighted by Gasteiger charge is 2.23. The molecule has 1 saturated carbocycles. The lowest BCUT2D eigenvalue weighted by atomic mass is 9.77. The quantitative estimate of drug-likeness (QED) is 0.844. The second-order valence-corrected chi connectivity index (χ2v) is 6.45. The largest absolute Gasteiger partial charge is 0.356 e. The maximum Gasteiger partial charge on any atom is 0.220 e. The van der Waals surface area contributed by atoms with Crippen LogP contribution in [-0.4, -0.2) is 18.5 Å². The van der Waals surface area contributed by atoms with Crippen molar-refractivity contribution in [1.82, 2.24) is 5.32 Å². The number of carbonyl (C=O) groups excluding carboxylic acids is 1. The first-order valence-corrected chi connectivity index (χ1v) is 8.22. The van der Waals surface area contributed by atoms with Crippen LogP contribution in [0.5, 0.6) is 0 Å². The van der Waals surface area contributed by atoms with Crippen molar-refractivity contribution in [2.45, 2.75) is 57.4 Å². The molecule has 0 heterocycles. The van der Waals surface area contributed by atoms with E-state index in [2.05, 4.69) is 35.6 Å². The number of nitrogens with two attached hydrogens (primary N) is 1. The maximum atomic E-state index is 11.9. The molecule has 3 heteroatoms. The number of rotatable bonds is 6. The van der Waals surface area contributed by atoms with E-state index in [0.717, 1.165) is 6.42 Å². The minimum Gasteiger partial charge on any atom is -0.356 e. The van der Waals surface area contributed by atoms with Crippen LogP contribution in [-0.2, 0) is 4.79 Å². The van der Waals surface area contributed by atoms with Gasteiger partial charge in [-0.3, -0.25) is 4.79 Å². The van der Waals surface area contributed by atoms with Gasteiger partial charge in [-0.05, 0) is 56.4 Å². The van der Waals surface area contributed by atoms with Gasteiger partial charge in [0.25, 0.3) is 0 Å². The Labute approximate surface area is 128 Å². The van der Waals surface area contributed by atoms with Gasteiger partial charge in [-0.15, -0.1) is 0 Å². The normalized spacial score (nSPS) is 23.5. The van der Waals surface area contributed by atoms with Crippen molar-refractivity contribution >= 4 is 5.91 Å². The predicted molar refractivity (Wildman–Crippen MR) is 87.0 cm³/mol. The van der Waals surface area contributed by atoms with Crippen molar-refractivity contribution in [2.24, 2.45) is 11.7 Å². The highest BCUT2D eigenvalue weighted by Crippen LogP contribution is 2.36. The van der Waals surface area contributed by atoms with Gasteiger partial charge in [0.2, 0.25) is 5.91 Å². The summed E-state index contributed by atoms with van der Waals surface area (Å²) in [7, 11) is 0. The van der Waals surface area contributed by atoms with Crippen LogP contribution in [0.15, 0.2) is 30.3 Å². The van der Waals surface area contributed by atoms with Crippen LogP contribution in [0.1, 0.15) is 56.9 Å². The second-order valence-electron chi connectivity index (χ2n) is 6.45. The summed E-state index contributed by atoms with van der Waals surface area (Å²) in [5.74, 6) is 1.43. The molecule has 0 spiro atoms. The van der Waals surface area contributed by atoms with Crippen LogP contribution in [0.25, 0.3) is 0 Å². The van der Waals surface area contributed by atoms with Gasteiger partial charge in [0.15, 0.2) is 0 Å². The van der Waals surface area contributed by atoms with Gasteiger partial charge in [0, 0.05) is 19.0 Å². The molecule has 1 atom stereocenters. The average Bonchev–Trinajstić information content (AvgIpc) is 2.48. The molecule has 116 valence electrons. The summed E-state index contributed by atoms with van der Waals surface area (Å²) >= 11 is 0. The summed E-state index contributed by atoms with van der Waals surface area (Å²) in [5, 5.41) is 2.99. The fraction of sp³-hybridized carbons (Fsp3) is 0.611. The fourth-order valence-electron chi connectivity index (χ4n) is 3.20. The molecule has 1 aromatic carbocycles. The fourth-order valence-corrected chi connectivity index (χ4v) is 3.20. The third-order valence-corrected chi connectivity index (χ3v) is 4.51. The lowest BCUT2D eigenvalue weighted by Gasteiger charge is -2.28. The summed E-state index contributed by atoms with van der Waals surface area (Å²) < 4.78 is 0. The number of amides is 1. The first-order chi connectivity index (χ1) is 10.1. The molecule has 0 aromatic heterocycles. The molecule has 1 aliphatic carbocycles. The Balaban J connectivity index is 1.68. The van der Waals surface area contributed by atoms with Gasteiger partial charge in [0.1, 0.15) is 0 Å². The van der Waals surface area contributed by atoms with E-state index in [4.69, 9.17) is 5.73 Å². The lowest BCUT2D eigenvalue weighted by molar-refractivity contribution is -0.122. The summed E-state index contributed by atoms with van der Waals surface area (Å²) in [6.07, 6.45) is 6.29. The minimum atomic E-state index is 0.159. The molecule has 1 amide bonds. The summed E-state index contributed by atoms with van der Waals surface area (Å²) in [4.78, 5) is 11.9. The topological polar surface area (TPSA) is 55.1 Å². The van der Waals surface area contributed by atoms with E-state index in [1.807, 2.05) is 6.92 Å². The zero-order chi connectivity index (χ0) is 15.1. The molecule has 21 heavy (non-hydrogen) atoms. The molecule has 0 saturated heterocycles. The van der Waals surface area contributed by atoms with E-state index in [0.29, 0.717) is 24.8 Å². The minimum absolute atomic E-state index is 0.159. The molecular formula is C18H28N2O. The summed E-state index contributed by atoms with van der Waals surface area (Å²) in [6, 6.07) is 10.9. The van der Waals surface area contributed by atoms with E-state index in [9.17, 15) is 4.79 Å². The first kappa shape index (κ1) is 16.0. The van der Waals surface area contributed by atoms with Crippen LogP contribution < -0.4 is 11.1 Å². The smallest absolute Gasteiger partial charge is 0.220 e. The Hall–Kier alpha value is -1.35. The number of nitrogens with one attached hydrogen (secondary N) is 1. The molecule has 1 fully saturated rings. The Morgan fingerprint density at radius 1 is 1.24 bits per heavy atom. The van der Waals surface area contributed by atoms with Gasteiger partial charge in [-0.2, -0.15) is 0 Å². The summed E-state index contributed by atoms with van der Waals surface area (Å²) in [6.45, 7) is 2.67. The van der Waals surface area contributed by atoms with Crippen molar-refractivity contribution in [3.63, 3.8) is 0 Å². The molecule has 2 rings (SSSR count). The van der Waals surface area contributed by atoms with Crippen LogP contribution in [0, 0.1) is 5.92 Å². The predicted octanol–water partition coefficient (Wildman–Crippen LogP) is 3.20. The molecule has 0 radical (unpaired) electrons. The molecule has 1 aliphatic rings. The number of hydrogen-bond acceptors (Lipinski definition) is 2. The maximum absolute atomic E-state index is 11.9. The number of hydrogen-bond donors (Lipinski definition) is 2. The van der Waals surface area contributed by atoms with E-state index >= 15 is 0 Å². The standard InChI is InChI=1S/C18H28N2O/c1-14(19)11-12-20-18(21)13-15-7-9-17(10-8-15)16-5-3-2-4-6-16/h2-6,14-15,17H,7-13,19H2,1H3,(H,20,21). The van der Waals surface area contributed by atoms with Gasteiger partial charge >= 0.3 is 0 Å². The van der Waals surface area contributed by atoms with Gasteiger partial charge in [-0.1, -0.05) is 30.3 Å². The zero-order valence-electron chi connectivity index (χ0n) is 13.1. The third-order valence-electron chi connectivity index (χ3n) is 4.51.